The highest BCUT2D eigenvalue weighted by Gasteiger charge is 2.31. The molecule has 0 saturated carbocycles. The van der Waals surface area contributed by atoms with Crippen LogP contribution in [0.2, 0.25) is 0 Å². The molecule has 2 heterocycles. The Labute approximate surface area is 116 Å². The quantitative estimate of drug-likeness (QED) is 0.619. The molecular formula is C14H28N2O3. The molecule has 2 fully saturated rings. The van der Waals surface area contributed by atoms with Crippen LogP contribution in [0.25, 0.3) is 0 Å². The SMILES string of the molecule is COCCCOCCNCC1CN2CCCC2CO1. The van der Waals surface area contributed by atoms with Crippen LogP contribution in [-0.2, 0) is 14.2 Å². The van der Waals surface area contributed by atoms with E-state index in [-0.39, 0.29) is 0 Å². The highest BCUT2D eigenvalue weighted by atomic mass is 16.5. The van der Waals surface area contributed by atoms with Gasteiger partial charge in [0.2, 0.25) is 0 Å². The van der Waals surface area contributed by atoms with Crippen LogP contribution in [0.4, 0.5) is 0 Å². The van der Waals surface area contributed by atoms with Crippen molar-refractivity contribution >= 4 is 0 Å². The number of morpholine rings is 1. The van der Waals surface area contributed by atoms with Crippen LogP contribution < -0.4 is 5.32 Å². The predicted molar refractivity (Wildman–Crippen MR) is 74.5 cm³/mol. The van der Waals surface area contributed by atoms with E-state index < -0.39 is 0 Å². The number of nitrogens with zero attached hydrogens (tertiary/aromatic N) is 1. The molecule has 0 aromatic carbocycles. The van der Waals surface area contributed by atoms with Gasteiger partial charge in [0.1, 0.15) is 0 Å². The van der Waals surface area contributed by atoms with E-state index in [1.54, 1.807) is 7.11 Å². The minimum absolute atomic E-state index is 0.350. The maximum Gasteiger partial charge on any atom is 0.0827 e. The van der Waals surface area contributed by atoms with Crippen LogP contribution in [0.1, 0.15) is 19.3 Å². The average molecular weight is 272 g/mol. The van der Waals surface area contributed by atoms with Gasteiger partial charge < -0.3 is 19.5 Å². The van der Waals surface area contributed by atoms with Gasteiger partial charge in [0.25, 0.3) is 0 Å². The zero-order chi connectivity index (χ0) is 13.3. The Bertz CT molecular complexity index is 241. The van der Waals surface area contributed by atoms with Crippen molar-refractivity contribution < 1.29 is 14.2 Å². The van der Waals surface area contributed by atoms with E-state index in [9.17, 15) is 0 Å². The van der Waals surface area contributed by atoms with Gasteiger partial charge in [-0.05, 0) is 25.8 Å². The summed E-state index contributed by atoms with van der Waals surface area (Å²) in [4.78, 5) is 2.58. The van der Waals surface area contributed by atoms with Gasteiger partial charge in [0.15, 0.2) is 0 Å². The summed E-state index contributed by atoms with van der Waals surface area (Å²) >= 11 is 0. The molecule has 0 amide bonds. The Hall–Kier alpha value is -0.200. The lowest BCUT2D eigenvalue weighted by Crippen LogP contribution is -2.49. The molecule has 2 rings (SSSR count). The van der Waals surface area contributed by atoms with Crippen molar-refractivity contribution in [2.45, 2.75) is 31.4 Å². The fourth-order valence-electron chi connectivity index (χ4n) is 2.82. The number of hydrogen-bond donors (Lipinski definition) is 1. The van der Waals surface area contributed by atoms with Gasteiger partial charge in [-0.15, -0.1) is 0 Å². The zero-order valence-corrected chi connectivity index (χ0v) is 12.1. The van der Waals surface area contributed by atoms with Gasteiger partial charge in [-0.25, -0.2) is 0 Å². The number of fused-ring (bicyclic) bond motifs is 1. The third-order valence-electron chi connectivity index (χ3n) is 3.89. The van der Waals surface area contributed by atoms with Gasteiger partial charge in [0, 0.05) is 46.0 Å². The number of ether oxygens (including phenoxy) is 3. The summed E-state index contributed by atoms with van der Waals surface area (Å²) in [7, 11) is 1.72. The molecule has 5 heteroatoms. The summed E-state index contributed by atoms with van der Waals surface area (Å²) in [6, 6.07) is 0.695. The standard InChI is InChI=1S/C14H28N2O3/c1-17-7-3-8-18-9-5-15-10-14-11-16-6-2-4-13(16)12-19-14/h13-15H,2-12H2,1H3. The molecule has 0 aromatic rings. The fraction of sp³-hybridized carbons (Fsp3) is 1.00. The highest BCUT2D eigenvalue weighted by molar-refractivity contribution is 4.85. The molecule has 0 aromatic heterocycles. The zero-order valence-electron chi connectivity index (χ0n) is 12.1. The maximum absolute atomic E-state index is 5.89. The Balaban J connectivity index is 1.43. The topological polar surface area (TPSA) is 43.0 Å². The molecule has 2 aliphatic rings. The molecule has 0 aliphatic carbocycles. The van der Waals surface area contributed by atoms with Crippen molar-refractivity contribution in [3.63, 3.8) is 0 Å². The van der Waals surface area contributed by atoms with Crippen molar-refractivity contribution in [1.29, 1.82) is 0 Å². The average Bonchev–Trinajstić information content (AvgIpc) is 2.89. The fourth-order valence-corrected chi connectivity index (χ4v) is 2.82. The van der Waals surface area contributed by atoms with Gasteiger partial charge in [0.05, 0.1) is 19.3 Å². The first-order valence-electron chi connectivity index (χ1n) is 7.53. The van der Waals surface area contributed by atoms with Crippen molar-refractivity contribution in [3.05, 3.63) is 0 Å². The monoisotopic (exact) mass is 272 g/mol. The molecule has 1 N–H and O–H groups in total. The first kappa shape index (κ1) is 15.2. The third-order valence-corrected chi connectivity index (χ3v) is 3.89. The van der Waals surface area contributed by atoms with Crippen molar-refractivity contribution in [2.24, 2.45) is 0 Å². The predicted octanol–water partition coefficient (Wildman–Crippen LogP) is 0.492. The molecule has 2 aliphatic heterocycles. The molecule has 0 bridgehead atoms. The minimum atomic E-state index is 0.350. The lowest BCUT2D eigenvalue weighted by Gasteiger charge is -2.35. The lowest BCUT2D eigenvalue weighted by molar-refractivity contribution is -0.0473. The maximum atomic E-state index is 5.89. The summed E-state index contributed by atoms with van der Waals surface area (Å²) in [6.45, 7) is 7.42. The molecule has 2 saturated heterocycles. The molecule has 5 nitrogen and oxygen atoms in total. The third kappa shape index (κ3) is 5.36. The van der Waals surface area contributed by atoms with E-state index in [0.29, 0.717) is 12.1 Å². The van der Waals surface area contributed by atoms with Gasteiger partial charge in [-0.3, -0.25) is 4.90 Å². The summed E-state index contributed by atoms with van der Waals surface area (Å²) in [5.41, 5.74) is 0. The Morgan fingerprint density at radius 2 is 2.26 bits per heavy atom. The molecule has 2 unspecified atom stereocenters. The van der Waals surface area contributed by atoms with E-state index in [2.05, 4.69) is 10.2 Å². The van der Waals surface area contributed by atoms with Crippen LogP contribution in [0.3, 0.4) is 0 Å². The Morgan fingerprint density at radius 1 is 1.32 bits per heavy atom. The first-order valence-corrected chi connectivity index (χ1v) is 7.53. The van der Waals surface area contributed by atoms with Crippen LogP contribution in [0.15, 0.2) is 0 Å². The minimum Gasteiger partial charge on any atom is -0.385 e. The number of nitrogens with one attached hydrogen (secondary N) is 1. The largest absolute Gasteiger partial charge is 0.385 e. The van der Waals surface area contributed by atoms with Crippen LogP contribution in [0, 0.1) is 0 Å². The van der Waals surface area contributed by atoms with Crippen LogP contribution >= 0.6 is 0 Å². The number of methoxy groups -OCH3 is 1. The van der Waals surface area contributed by atoms with E-state index in [0.717, 1.165) is 52.5 Å². The van der Waals surface area contributed by atoms with Crippen molar-refractivity contribution in [2.75, 3.05) is 59.7 Å². The Kier molecular flexibility index (Phi) is 7.09. The summed E-state index contributed by atoms with van der Waals surface area (Å²) < 4.78 is 16.4. The smallest absolute Gasteiger partial charge is 0.0827 e. The second-order valence-electron chi connectivity index (χ2n) is 5.41. The molecular weight excluding hydrogens is 244 g/mol. The van der Waals surface area contributed by atoms with Gasteiger partial charge >= 0.3 is 0 Å². The van der Waals surface area contributed by atoms with E-state index in [1.165, 1.54) is 19.4 Å². The second-order valence-corrected chi connectivity index (χ2v) is 5.41. The van der Waals surface area contributed by atoms with Crippen LogP contribution in [-0.4, -0.2) is 76.8 Å². The van der Waals surface area contributed by atoms with E-state index in [4.69, 9.17) is 14.2 Å². The molecule has 2 atom stereocenters. The summed E-state index contributed by atoms with van der Waals surface area (Å²) in [5.74, 6) is 0. The molecule has 0 radical (unpaired) electrons. The summed E-state index contributed by atoms with van der Waals surface area (Å²) in [5, 5.41) is 3.42. The van der Waals surface area contributed by atoms with Crippen LogP contribution in [0.5, 0.6) is 0 Å². The van der Waals surface area contributed by atoms with E-state index >= 15 is 0 Å². The molecule has 19 heavy (non-hydrogen) atoms. The first-order chi connectivity index (χ1) is 9.40. The Morgan fingerprint density at radius 3 is 3.16 bits per heavy atom. The normalized spacial score (nSPS) is 27.6. The second kappa shape index (κ2) is 8.87. The molecule has 0 spiro atoms. The highest BCUT2D eigenvalue weighted by Crippen LogP contribution is 2.22. The van der Waals surface area contributed by atoms with Crippen molar-refractivity contribution in [3.8, 4) is 0 Å². The van der Waals surface area contributed by atoms with E-state index in [1.807, 2.05) is 0 Å². The number of hydrogen-bond acceptors (Lipinski definition) is 5. The van der Waals surface area contributed by atoms with Crippen molar-refractivity contribution in [1.82, 2.24) is 10.2 Å². The lowest BCUT2D eigenvalue weighted by atomic mass is 10.2. The molecule has 112 valence electrons. The van der Waals surface area contributed by atoms with Gasteiger partial charge in [-0.1, -0.05) is 0 Å². The number of rotatable bonds is 9. The van der Waals surface area contributed by atoms with Gasteiger partial charge in [-0.2, -0.15) is 0 Å². The summed E-state index contributed by atoms with van der Waals surface area (Å²) in [6.07, 6.45) is 3.97.